The van der Waals surface area contributed by atoms with Crippen LogP contribution in [0.5, 0.6) is 0 Å². The molecule has 1 aliphatic heterocycles. The highest BCUT2D eigenvalue weighted by Gasteiger charge is 2.26. The maximum Gasteiger partial charge on any atom is 0.261 e. The molecule has 30 heavy (non-hydrogen) atoms. The Kier molecular flexibility index (Phi) is 5.23. The van der Waals surface area contributed by atoms with Crippen molar-refractivity contribution in [3.05, 3.63) is 81.6 Å². The summed E-state index contributed by atoms with van der Waals surface area (Å²) in [5.74, 6) is 1.57. The van der Waals surface area contributed by atoms with Crippen LogP contribution in [-0.4, -0.2) is 37.3 Å². The molecule has 1 aliphatic rings. The van der Waals surface area contributed by atoms with Gasteiger partial charge >= 0.3 is 0 Å². The predicted octanol–water partition coefficient (Wildman–Crippen LogP) is 4.23. The first-order valence-electron chi connectivity index (χ1n) is 9.89. The van der Waals surface area contributed by atoms with E-state index in [2.05, 4.69) is 16.0 Å². The van der Waals surface area contributed by atoms with Gasteiger partial charge < -0.3 is 5.11 Å². The lowest BCUT2D eigenvalue weighted by molar-refractivity contribution is 0.126. The summed E-state index contributed by atoms with van der Waals surface area (Å²) < 4.78 is 1.62. The third-order valence-corrected chi connectivity index (χ3v) is 7.03. The van der Waals surface area contributed by atoms with Crippen LogP contribution in [0.4, 0.5) is 0 Å². The van der Waals surface area contributed by atoms with Crippen molar-refractivity contribution in [1.29, 1.82) is 0 Å². The van der Waals surface area contributed by atoms with Crippen LogP contribution in [0.3, 0.4) is 0 Å². The molecular weight excluding hydrogens is 418 g/mol. The van der Waals surface area contributed by atoms with Gasteiger partial charge in [0.15, 0.2) is 0 Å². The smallest absolute Gasteiger partial charge is 0.261 e. The normalized spacial score (nSPS) is 19.4. The Labute approximate surface area is 182 Å². The zero-order chi connectivity index (χ0) is 20.7. The molecule has 0 bridgehead atoms. The van der Waals surface area contributed by atoms with Crippen LogP contribution >= 0.6 is 23.4 Å². The highest BCUT2D eigenvalue weighted by Crippen LogP contribution is 2.30. The molecule has 1 saturated heterocycles. The molecular formula is C23H20ClN3O2S. The van der Waals surface area contributed by atoms with Crippen LogP contribution in [0.15, 0.2) is 59.8 Å². The lowest BCUT2D eigenvalue weighted by atomic mass is 9.96. The molecule has 7 heteroatoms. The summed E-state index contributed by atoms with van der Waals surface area (Å²) in [5, 5.41) is 13.5. The minimum atomic E-state index is -0.541. The first kappa shape index (κ1) is 19.5. The van der Waals surface area contributed by atoms with Gasteiger partial charge in [-0.15, -0.1) is 0 Å². The molecule has 1 N–H and O–H groups in total. The van der Waals surface area contributed by atoms with E-state index < -0.39 is 6.10 Å². The highest BCUT2D eigenvalue weighted by atomic mass is 35.5. The lowest BCUT2D eigenvalue weighted by Crippen LogP contribution is -2.36. The number of nitrogens with zero attached hydrogens (tertiary/aromatic N) is 3. The standard InChI is InChI=1S/C23H20ClN3O2S/c24-21-6-5-14(11-25-21)9-15-10-18-22(17-4-2-1-3-16(15)17)26-13-27(23(18)29)19-7-8-30-12-20(19)28/h1-6,10-11,13,19-20,28H,7-9,12H2/t19-,20-/m0/s1. The Hall–Kier alpha value is -2.41. The summed E-state index contributed by atoms with van der Waals surface area (Å²) in [5.41, 5.74) is 2.66. The molecule has 0 unspecified atom stereocenters. The Morgan fingerprint density at radius 1 is 1.13 bits per heavy atom. The average Bonchev–Trinajstić information content (AvgIpc) is 2.77. The largest absolute Gasteiger partial charge is 0.390 e. The van der Waals surface area contributed by atoms with Crippen molar-refractivity contribution in [1.82, 2.24) is 14.5 Å². The number of halogens is 1. The predicted molar refractivity (Wildman–Crippen MR) is 123 cm³/mol. The molecule has 0 spiro atoms. The van der Waals surface area contributed by atoms with E-state index in [1.54, 1.807) is 34.9 Å². The average molecular weight is 438 g/mol. The molecule has 0 saturated carbocycles. The second-order valence-electron chi connectivity index (χ2n) is 7.60. The fourth-order valence-electron chi connectivity index (χ4n) is 4.20. The zero-order valence-electron chi connectivity index (χ0n) is 16.2. The Morgan fingerprint density at radius 2 is 1.97 bits per heavy atom. The van der Waals surface area contributed by atoms with E-state index in [1.165, 1.54) is 0 Å². The minimum absolute atomic E-state index is 0.0998. The number of aromatic nitrogens is 3. The fourth-order valence-corrected chi connectivity index (χ4v) is 5.35. The number of aliphatic hydroxyl groups is 1. The van der Waals surface area contributed by atoms with E-state index in [-0.39, 0.29) is 11.6 Å². The van der Waals surface area contributed by atoms with Crippen LogP contribution < -0.4 is 5.56 Å². The summed E-state index contributed by atoms with van der Waals surface area (Å²) in [4.78, 5) is 22.3. The molecule has 1 fully saturated rings. The third kappa shape index (κ3) is 3.49. The van der Waals surface area contributed by atoms with Crippen LogP contribution in [0.25, 0.3) is 21.7 Å². The molecule has 5 nitrogen and oxygen atoms in total. The third-order valence-electron chi connectivity index (χ3n) is 5.71. The number of benzene rings is 2. The van der Waals surface area contributed by atoms with Crippen molar-refractivity contribution in [3.63, 3.8) is 0 Å². The highest BCUT2D eigenvalue weighted by molar-refractivity contribution is 7.99. The monoisotopic (exact) mass is 437 g/mol. The molecule has 2 aromatic heterocycles. The second kappa shape index (κ2) is 8.02. The number of hydrogen-bond acceptors (Lipinski definition) is 5. The summed E-state index contributed by atoms with van der Waals surface area (Å²) in [7, 11) is 0. The van der Waals surface area contributed by atoms with Gasteiger partial charge in [-0.1, -0.05) is 41.9 Å². The van der Waals surface area contributed by atoms with Crippen LogP contribution in [0.1, 0.15) is 23.6 Å². The van der Waals surface area contributed by atoms with Gasteiger partial charge in [-0.25, -0.2) is 9.97 Å². The van der Waals surface area contributed by atoms with Crippen molar-refractivity contribution in [2.75, 3.05) is 11.5 Å². The van der Waals surface area contributed by atoms with Crippen LogP contribution in [0, 0.1) is 0 Å². The topological polar surface area (TPSA) is 68.0 Å². The summed E-state index contributed by atoms with van der Waals surface area (Å²) in [6.07, 6.45) is 4.22. The second-order valence-corrected chi connectivity index (χ2v) is 9.14. The van der Waals surface area contributed by atoms with Gasteiger partial charge in [0.05, 0.1) is 29.4 Å². The number of hydrogen-bond donors (Lipinski definition) is 1. The first-order valence-corrected chi connectivity index (χ1v) is 11.4. The zero-order valence-corrected chi connectivity index (χ0v) is 17.7. The number of thioether (sulfide) groups is 1. The van der Waals surface area contributed by atoms with Crippen molar-refractivity contribution in [2.45, 2.75) is 25.0 Å². The molecule has 152 valence electrons. The van der Waals surface area contributed by atoms with E-state index >= 15 is 0 Å². The molecule has 2 atom stereocenters. The van der Waals surface area contributed by atoms with Crippen LogP contribution in [-0.2, 0) is 6.42 Å². The maximum absolute atomic E-state index is 13.4. The SMILES string of the molecule is O=c1c2cc(Cc3ccc(Cl)nc3)c3ccccc3c2ncn1[C@H]1CCSC[C@@H]1O. The molecule has 0 radical (unpaired) electrons. The fraction of sp³-hybridized carbons (Fsp3) is 0.261. The summed E-state index contributed by atoms with van der Waals surface area (Å²) in [6, 6.07) is 13.5. The molecule has 3 heterocycles. The van der Waals surface area contributed by atoms with Gasteiger partial charge in [-0.2, -0.15) is 11.8 Å². The van der Waals surface area contributed by atoms with E-state index in [9.17, 15) is 9.90 Å². The Bertz CT molecular complexity index is 1290. The summed E-state index contributed by atoms with van der Waals surface area (Å²) in [6.45, 7) is 0. The van der Waals surface area contributed by atoms with Crippen molar-refractivity contribution in [3.8, 4) is 0 Å². The molecule has 4 aromatic rings. The van der Waals surface area contributed by atoms with Gasteiger partial charge in [-0.3, -0.25) is 9.36 Å². The van der Waals surface area contributed by atoms with Gasteiger partial charge in [0.2, 0.25) is 0 Å². The van der Waals surface area contributed by atoms with Crippen molar-refractivity contribution >= 4 is 45.0 Å². The molecule has 0 amide bonds. The van der Waals surface area contributed by atoms with Crippen molar-refractivity contribution < 1.29 is 5.11 Å². The number of fused-ring (bicyclic) bond motifs is 3. The first-order chi connectivity index (χ1) is 14.6. The molecule has 2 aromatic carbocycles. The van der Waals surface area contributed by atoms with Crippen LogP contribution in [0.2, 0.25) is 5.15 Å². The van der Waals surface area contributed by atoms with E-state index in [4.69, 9.17) is 11.6 Å². The number of aliphatic hydroxyl groups excluding tert-OH is 1. The Balaban J connectivity index is 1.70. The maximum atomic E-state index is 13.4. The quantitative estimate of drug-likeness (QED) is 0.383. The van der Waals surface area contributed by atoms with Gasteiger partial charge in [0, 0.05) is 17.3 Å². The van der Waals surface area contributed by atoms with E-state index in [0.29, 0.717) is 28.2 Å². The lowest BCUT2D eigenvalue weighted by Gasteiger charge is -2.28. The van der Waals surface area contributed by atoms with Gasteiger partial charge in [0.1, 0.15) is 5.15 Å². The van der Waals surface area contributed by atoms with Gasteiger partial charge in [0.25, 0.3) is 5.56 Å². The summed E-state index contributed by atoms with van der Waals surface area (Å²) >= 11 is 7.64. The number of rotatable bonds is 3. The Morgan fingerprint density at radius 3 is 2.73 bits per heavy atom. The van der Waals surface area contributed by atoms with E-state index in [0.717, 1.165) is 34.1 Å². The van der Waals surface area contributed by atoms with Gasteiger partial charge in [-0.05, 0) is 47.2 Å². The van der Waals surface area contributed by atoms with E-state index in [1.807, 2.05) is 30.3 Å². The molecule has 5 rings (SSSR count). The minimum Gasteiger partial charge on any atom is -0.390 e. The molecule has 0 aliphatic carbocycles. The van der Waals surface area contributed by atoms with Crippen molar-refractivity contribution in [2.24, 2.45) is 0 Å². The number of pyridine rings is 1.